The third kappa shape index (κ3) is 5.56. The number of piperidine rings is 1. The molecule has 0 radical (unpaired) electrons. The Labute approximate surface area is 216 Å². The van der Waals surface area contributed by atoms with Crippen LogP contribution in [0.25, 0.3) is 16.3 Å². The van der Waals surface area contributed by atoms with E-state index in [1.807, 2.05) is 30.3 Å². The first-order chi connectivity index (χ1) is 17.4. The fourth-order valence-electron chi connectivity index (χ4n) is 4.01. The van der Waals surface area contributed by atoms with Gasteiger partial charge in [-0.25, -0.2) is 14.2 Å². The molecule has 0 unspecified atom stereocenters. The van der Waals surface area contributed by atoms with E-state index in [-0.39, 0.29) is 17.8 Å². The van der Waals surface area contributed by atoms with Gasteiger partial charge < -0.3 is 10.2 Å². The molecule has 0 spiro atoms. The van der Waals surface area contributed by atoms with Crippen LogP contribution < -0.4 is 10.6 Å². The number of amides is 3. The zero-order chi connectivity index (χ0) is 25.1. The van der Waals surface area contributed by atoms with Crippen molar-refractivity contribution in [1.29, 1.82) is 0 Å². The molecule has 3 aromatic carbocycles. The van der Waals surface area contributed by atoms with E-state index in [9.17, 15) is 14.0 Å². The Bertz CT molecular complexity index is 1430. The Hall–Kier alpha value is -3.75. The van der Waals surface area contributed by atoms with E-state index < -0.39 is 0 Å². The van der Waals surface area contributed by atoms with E-state index in [1.54, 1.807) is 17.0 Å². The minimum absolute atomic E-state index is 0.202. The van der Waals surface area contributed by atoms with Crippen LogP contribution in [0.15, 0.2) is 72.3 Å². The van der Waals surface area contributed by atoms with Crippen LogP contribution in [0.5, 0.6) is 0 Å². The summed E-state index contributed by atoms with van der Waals surface area (Å²) in [6, 6.07) is 18.5. The Morgan fingerprint density at radius 1 is 1.00 bits per heavy atom. The minimum Gasteiger partial charge on any atom is -0.324 e. The van der Waals surface area contributed by atoms with Crippen LogP contribution in [-0.2, 0) is 0 Å². The lowest BCUT2D eigenvalue weighted by Crippen LogP contribution is -2.39. The van der Waals surface area contributed by atoms with Gasteiger partial charge in [0.2, 0.25) is 0 Å². The number of nitrogens with zero attached hydrogens (tertiary/aromatic N) is 2. The molecule has 2 N–H and O–H groups in total. The quantitative estimate of drug-likeness (QED) is 0.302. The Kier molecular flexibility index (Phi) is 6.97. The summed E-state index contributed by atoms with van der Waals surface area (Å²) in [4.78, 5) is 31.4. The van der Waals surface area contributed by atoms with Crippen molar-refractivity contribution in [2.24, 2.45) is 0 Å². The SMILES string of the molecule is O=C(Nc1nc2ccccc2s1)c1ccc(C=C2CCN(C(=O)Nc3ccc(F)cc3)CC2)cc1Cl. The Balaban J connectivity index is 1.19. The summed E-state index contributed by atoms with van der Waals surface area (Å²) in [5.41, 5.74) is 3.87. The summed E-state index contributed by atoms with van der Waals surface area (Å²) >= 11 is 7.86. The molecule has 1 aromatic heterocycles. The molecule has 0 atom stereocenters. The summed E-state index contributed by atoms with van der Waals surface area (Å²) in [5, 5.41) is 6.51. The average Bonchev–Trinajstić information content (AvgIpc) is 3.28. The number of nitrogens with one attached hydrogen (secondary N) is 2. The highest BCUT2D eigenvalue weighted by molar-refractivity contribution is 7.22. The highest BCUT2D eigenvalue weighted by Gasteiger charge is 2.19. The van der Waals surface area contributed by atoms with Gasteiger partial charge in [-0.15, -0.1) is 0 Å². The summed E-state index contributed by atoms with van der Waals surface area (Å²) in [7, 11) is 0. The minimum atomic E-state index is -0.345. The van der Waals surface area contributed by atoms with Crippen LogP contribution in [0.1, 0.15) is 28.8 Å². The van der Waals surface area contributed by atoms with Crippen LogP contribution in [0.2, 0.25) is 5.02 Å². The van der Waals surface area contributed by atoms with E-state index in [4.69, 9.17) is 11.6 Å². The second kappa shape index (κ2) is 10.5. The third-order valence-corrected chi connectivity index (χ3v) is 7.18. The first-order valence-electron chi connectivity index (χ1n) is 11.4. The maximum Gasteiger partial charge on any atom is 0.321 e. The predicted molar refractivity (Wildman–Crippen MR) is 143 cm³/mol. The van der Waals surface area contributed by atoms with Gasteiger partial charge in [0.15, 0.2) is 5.13 Å². The number of halogens is 2. The number of aromatic nitrogens is 1. The lowest BCUT2D eigenvalue weighted by Gasteiger charge is -2.28. The highest BCUT2D eigenvalue weighted by atomic mass is 35.5. The fourth-order valence-corrected chi connectivity index (χ4v) is 5.14. The first kappa shape index (κ1) is 24.0. The molecule has 182 valence electrons. The number of likely N-dealkylation sites (tertiary alicyclic amines) is 1. The third-order valence-electron chi connectivity index (χ3n) is 5.91. The second-order valence-corrected chi connectivity index (χ2v) is 9.84. The van der Waals surface area contributed by atoms with Gasteiger partial charge in [-0.3, -0.25) is 10.1 Å². The lowest BCUT2D eigenvalue weighted by atomic mass is 10.0. The monoisotopic (exact) mass is 520 g/mol. The molecule has 0 aliphatic carbocycles. The van der Waals surface area contributed by atoms with E-state index in [0.717, 1.165) is 28.6 Å². The Morgan fingerprint density at radius 2 is 1.75 bits per heavy atom. The van der Waals surface area contributed by atoms with Gasteiger partial charge in [-0.1, -0.05) is 52.8 Å². The summed E-state index contributed by atoms with van der Waals surface area (Å²) in [6.07, 6.45) is 3.51. The van der Waals surface area contributed by atoms with Crippen molar-refractivity contribution in [3.05, 3.63) is 94.3 Å². The van der Waals surface area contributed by atoms with Gasteiger partial charge >= 0.3 is 6.03 Å². The summed E-state index contributed by atoms with van der Waals surface area (Å²) in [5.74, 6) is -0.651. The molecule has 36 heavy (non-hydrogen) atoms. The molecule has 5 rings (SSSR count). The number of anilines is 2. The van der Waals surface area contributed by atoms with Crippen molar-refractivity contribution in [3.8, 4) is 0 Å². The van der Waals surface area contributed by atoms with Crippen LogP contribution in [-0.4, -0.2) is 34.9 Å². The van der Waals surface area contributed by atoms with Crippen LogP contribution >= 0.6 is 22.9 Å². The molecule has 3 amide bonds. The fraction of sp³-hybridized carbons (Fsp3) is 0.148. The number of hydrogen-bond donors (Lipinski definition) is 2. The van der Waals surface area contributed by atoms with E-state index in [0.29, 0.717) is 34.5 Å². The van der Waals surface area contributed by atoms with E-state index >= 15 is 0 Å². The van der Waals surface area contributed by atoms with E-state index in [2.05, 4.69) is 21.7 Å². The maximum absolute atomic E-state index is 13.1. The highest BCUT2D eigenvalue weighted by Crippen LogP contribution is 2.28. The molecule has 1 saturated heterocycles. The van der Waals surface area contributed by atoms with Gasteiger partial charge in [0.05, 0.1) is 20.8 Å². The number of rotatable bonds is 4. The summed E-state index contributed by atoms with van der Waals surface area (Å²) < 4.78 is 14.1. The molecule has 1 aliphatic rings. The first-order valence-corrected chi connectivity index (χ1v) is 12.6. The molecule has 2 heterocycles. The van der Waals surface area contributed by atoms with Gasteiger partial charge in [0.25, 0.3) is 5.91 Å². The van der Waals surface area contributed by atoms with E-state index in [1.165, 1.54) is 41.2 Å². The maximum atomic E-state index is 13.1. The number of urea groups is 1. The zero-order valence-electron chi connectivity index (χ0n) is 19.1. The van der Waals surface area contributed by atoms with Gasteiger partial charge in [0.1, 0.15) is 5.82 Å². The molecule has 0 saturated carbocycles. The van der Waals surface area contributed by atoms with Crippen molar-refractivity contribution >= 4 is 62.0 Å². The second-order valence-electron chi connectivity index (χ2n) is 8.41. The number of hydrogen-bond acceptors (Lipinski definition) is 4. The Morgan fingerprint density at radius 3 is 2.47 bits per heavy atom. The average molecular weight is 521 g/mol. The molecule has 1 aliphatic heterocycles. The van der Waals surface area contributed by atoms with Crippen LogP contribution in [0, 0.1) is 5.82 Å². The number of carbonyl (C=O) groups excluding carboxylic acids is 2. The van der Waals surface area contributed by atoms with Crippen molar-refractivity contribution in [3.63, 3.8) is 0 Å². The number of carbonyl (C=O) groups is 2. The summed E-state index contributed by atoms with van der Waals surface area (Å²) in [6.45, 7) is 1.16. The molecule has 4 aromatic rings. The number of fused-ring (bicyclic) bond motifs is 1. The molecule has 0 bridgehead atoms. The van der Waals surface area contributed by atoms with Gasteiger partial charge in [-0.2, -0.15) is 0 Å². The molecule has 1 fully saturated rings. The topological polar surface area (TPSA) is 74.3 Å². The standard InChI is InChI=1S/C27H22ClFN4O2S/c28-22-16-18(5-10-21(22)25(34)32-26-31-23-3-1-2-4-24(23)36-26)15-17-11-13-33(14-12-17)27(35)30-20-8-6-19(29)7-9-20/h1-10,15-16H,11-14H2,(H,30,35)(H,31,32,34). The predicted octanol–water partition coefficient (Wildman–Crippen LogP) is 7.05. The molecular weight excluding hydrogens is 499 g/mol. The molecule has 6 nitrogen and oxygen atoms in total. The molecule has 9 heteroatoms. The largest absolute Gasteiger partial charge is 0.324 e. The van der Waals surface area contributed by atoms with Crippen LogP contribution in [0.4, 0.5) is 20.0 Å². The zero-order valence-corrected chi connectivity index (χ0v) is 20.7. The smallest absolute Gasteiger partial charge is 0.321 e. The number of thiazole rings is 1. The van der Waals surface area contributed by atoms with Crippen molar-refractivity contribution in [1.82, 2.24) is 9.88 Å². The molecular formula is C27H22ClFN4O2S. The van der Waals surface area contributed by atoms with Crippen molar-refractivity contribution in [2.45, 2.75) is 12.8 Å². The van der Waals surface area contributed by atoms with Gasteiger partial charge in [0, 0.05) is 18.8 Å². The lowest BCUT2D eigenvalue weighted by molar-refractivity contribution is 0.102. The van der Waals surface area contributed by atoms with Crippen LogP contribution in [0.3, 0.4) is 0 Å². The van der Waals surface area contributed by atoms with Crippen molar-refractivity contribution < 1.29 is 14.0 Å². The van der Waals surface area contributed by atoms with Gasteiger partial charge in [-0.05, 0) is 66.9 Å². The number of benzene rings is 3. The number of para-hydroxylation sites is 1. The normalized spacial score (nSPS) is 13.5. The van der Waals surface area contributed by atoms with Crippen molar-refractivity contribution in [2.75, 3.05) is 23.7 Å².